The number of hydrogen-bond acceptors (Lipinski definition) is 3. The van der Waals surface area contributed by atoms with Gasteiger partial charge in [-0.25, -0.2) is 4.39 Å². The van der Waals surface area contributed by atoms with E-state index in [1.54, 1.807) is 6.92 Å². The predicted molar refractivity (Wildman–Crippen MR) is 64.8 cm³/mol. The Labute approximate surface area is 105 Å². The third kappa shape index (κ3) is 4.16. The molecule has 1 amide bonds. The van der Waals surface area contributed by atoms with Crippen molar-refractivity contribution in [3.8, 4) is 5.75 Å². The molecule has 0 aliphatic heterocycles. The van der Waals surface area contributed by atoms with Crippen molar-refractivity contribution in [3.63, 3.8) is 0 Å². The first-order valence-electron chi connectivity index (χ1n) is 5.62. The number of halogens is 1. The minimum atomic E-state index is -0.447. The van der Waals surface area contributed by atoms with Gasteiger partial charge < -0.3 is 10.1 Å². The van der Waals surface area contributed by atoms with Crippen molar-refractivity contribution in [2.75, 3.05) is 6.54 Å². The summed E-state index contributed by atoms with van der Waals surface area (Å²) in [6.45, 7) is 4.70. The zero-order chi connectivity index (χ0) is 13.7. The Morgan fingerprint density at radius 3 is 2.56 bits per heavy atom. The second-order valence-electron chi connectivity index (χ2n) is 4.04. The van der Waals surface area contributed by atoms with Crippen molar-refractivity contribution in [1.29, 1.82) is 0 Å². The van der Waals surface area contributed by atoms with E-state index in [0.717, 1.165) is 0 Å². The van der Waals surface area contributed by atoms with Gasteiger partial charge in [0.25, 0.3) is 0 Å². The summed E-state index contributed by atoms with van der Waals surface area (Å²) in [7, 11) is 0. The van der Waals surface area contributed by atoms with Gasteiger partial charge in [-0.2, -0.15) is 0 Å². The summed E-state index contributed by atoms with van der Waals surface area (Å²) in [4.78, 5) is 21.6. The van der Waals surface area contributed by atoms with Crippen LogP contribution in [0.3, 0.4) is 0 Å². The number of hydrogen-bond donors (Lipinski definition) is 1. The van der Waals surface area contributed by atoms with E-state index in [2.05, 4.69) is 5.32 Å². The van der Waals surface area contributed by atoms with Crippen LogP contribution in [0.1, 0.15) is 25.0 Å². The molecular formula is C13H16FNO3. The van der Waals surface area contributed by atoms with Crippen molar-refractivity contribution >= 4 is 11.9 Å². The number of ether oxygens (including phenoxy) is 1. The molecule has 1 aromatic rings. The van der Waals surface area contributed by atoms with Gasteiger partial charge in [0.2, 0.25) is 5.91 Å². The van der Waals surface area contributed by atoms with Gasteiger partial charge in [0.15, 0.2) is 0 Å². The second kappa shape index (κ2) is 6.14. The van der Waals surface area contributed by atoms with E-state index in [9.17, 15) is 14.0 Å². The molecule has 1 aromatic carbocycles. The lowest BCUT2D eigenvalue weighted by Crippen LogP contribution is -2.22. The molecule has 0 saturated carbocycles. The molecule has 0 radical (unpaired) electrons. The maximum atomic E-state index is 13.6. The number of amides is 1. The molecule has 1 N–H and O–H groups in total. The topological polar surface area (TPSA) is 55.4 Å². The molecule has 4 nitrogen and oxygen atoms in total. The van der Waals surface area contributed by atoms with Crippen molar-refractivity contribution in [2.24, 2.45) is 0 Å². The Balaban J connectivity index is 2.83. The highest BCUT2D eigenvalue weighted by atomic mass is 18.2. The first-order chi connectivity index (χ1) is 8.40. The number of aryl methyl sites for hydroxylation is 1. The SMILES string of the molecule is CC(=O)NCCc1cc(OC(C)=O)c(C)cc1[18F]. The average Bonchev–Trinajstić information content (AvgIpc) is 2.23. The molecule has 0 fully saturated rings. The number of benzene rings is 1. The summed E-state index contributed by atoms with van der Waals surface area (Å²) >= 11 is 0. The van der Waals surface area contributed by atoms with Gasteiger partial charge in [-0.3, -0.25) is 9.59 Å². The van der Waals surface area contributed by atoms with E-state index in [1.165, 1.54) is 26.0 Å². The summed E-state index contributed by atoms with van der Waals surface area (Å²) in [6, 6.07) is 2.81. The van der Waals surface area contributed by atoms with Gasteiger partial charge in [-0.15, -0.1) is 0 Å². The number of esters is 1. The fourth-order valence-corrected chi connectivity index (χ4v) is 1.52. The Bertz CT molecular complexity index is 472. The van der Waals surface area contributed by atoms with Crippen LogP contribution in [0.2, 0.25) is 0 Å². The third-order valence-corrected chi connectivity index (χ3v) is 2.37. The molecule has 5 heteroatoms. The molecular weight excluding hydrogens is 236 g/mol. The lowest BCUT2D eigenvalue weighted by atomic mass is 10.1. The van der Waals surface area contributed by atoms with Crippen LogP contribution in [0.5, 0.6) is 5.75 Å². The molecule has 1 rings (SSSR count). The highest BCUT2D eigenvalue weighted by Gasteiger charge is 2.10. The van der Waals surface area contributed by atoms with Crippen molar-refractivity contribution < 1.29 is 18.7 Å². The van der Waals surface area contributed by atoms with Crippen LogP contribution in [0.4, 0.5) is 4.39 Å². The lowest BCUT2D eigenvalue weighted by molar-refractivity contribution is -0.132. The quantitative estimate of drug-likeness (QED) is 0.656. The predicted octanol–water partition coefficient (Wildman–Crippen LogP) is 1.74. The standard InChI is InChI=1S/C13H16FNO3/c1-8-6-12(14)11(4-5-15-9(2)16)7-13(8)18-10(3)17/h6-7H,4-5H2,1-3H3,(H,15,16)/i14-1. The van der Waals surface area contributed by atoms with E-state index in [4.69, 9.17) is 4.74 Å². The molecule has 98 valence electrons. The van der Waals surface area contributed by atoms with E-state index in [0.29, 0.717) is 29.8 Å². The molecule has 18 heavy (non-hydrogen) atoms. The van der Waals surface area contributed by atoms with Crippen LogP contribution in [-0.4, -0.2) is 18.4 Å². The van der Waals surface area contributed by atoms with Crippen molar-refractivity contribution in [2.45, 2.75) is 27.2 Å². The van der Waals surface area contributed by atoms with Gasteiger partial charge in [0.1, 0.15) is 11.6 Å². The number of nitrogens with one attached hydrogen (secondary N) is 1. The van der Waals surface area contributed by atoms with E-state index in [-0.39, 0.29) is 11.7 Å². The lowest BCUT2D eigenvalue weighted by Gasteiger charge is -2.10. The minimum absolute atomic E-state index is 0.164. The van der Waals surface area contributed by atoms with Crippen molar-refractivity contribution in [3.05, 3.63) is 29.1 Å². The van der Waals surface area contributed by atoms with Crippen LogP contribution in [-0.2, 0) is 16.0 Å². The van der Waals surface area contributed by atoms with Crippen LogP contribution in [0, 0.1) is 12.7 Å². The second-order valence-corrected chi connectivity index (χ2v) is 4.04. The highest BCUT2D eigenvalue weighted by molar-refractivity contribution is 5.72. The molecule has 0 aliphatic carbocycles. The first kappa shape index (κ1) is 14.2. The summed E-state index contributed by atoms with van der Waals surface area (Å²) in [6.07, 6.45) is 0.347. The normalized spacial score (nSPS) is 10.0. The smallest absolute Gasteiger partial charge is 0.308 e. The fourth-order valence-electron chi connectivity index (χ4n) is 1.52. The Kier molecular flexibility index (Phi) is 4.83. The van der Waals surface area contributed by atoms with Gasteiger partial charge in [-0.1, -0.05) is 0 Å². The molecule has 0 bridgehead atoms. The van der Waals surface area contributed by atoms with E-state index in [1.807, 2.05) is 0 Å². The van der Waals surface area contributed by atoms with Crippen molar-refractivity contribution in [1.82, 2.24) is 5.32 Å². The third-order valence-electron chi connectivity index (χ3n) is 2.37. The maximum absolute atomic E-state index is 13.6. The number of rotatable bonds is 4. The molecule has 0 aromatic heterocycles. The minimum Gasteiger partial charge on any atom is -0.426 e. The monoisotopic (exact) mass is 252 g/mol. The molecule has 0 heterocycles. The van der Waals surface area contributed by atoms with Gasteiger partial charge in [0.05, 0.1) is 0 Å². The molecule has 0 spiro atoms. The number of carbonyl (C=O) groups is 2. The number of carbonyl (C=O) groups excluding carboxylic acids is 2. The molecule has 0 aliphatic rings. The van der Waals surface area contributed by atoms with Gasteiger partial charge >= 0.3 is 5.97 Å². The molecule has 0 atom stereocenters. The zero-order valence-corrected chi connectivity index (χ0v) is 10.7. The largest absolute Gasteiger partial charge is 0.426 e. The first-order valence-corrected chi connectivity index (χ1v) is 5.62. The Hall–Kier alpha value is -1.91. The van der Waals surface area contributed by atoms with Gasteiger partial charge in [0, 0.05) is 20.4 Å². The highest BCUT2D eigenvalue weighted by Crippen LogP contribution is 2.22. The Morgan fingerprint density at radius 1 is 1.33 bits per heavy atom. The van der Waals surface area contributed by atoms with Crippen LogP contribution < -0.4 is 10.1 Å². The van der Waals surface area contributed by atoms with E-state index >= 15 is 0 Å². The average molecular weight is 252 g/mol. The maximum Gasteiger partial charge on any atom is 0.308 e. The Morgan fingerprint density at radius 2 is 2.00 bits per heavy atom. The van der Waals surface area contributed by atoms with Crippen LogP contribution >= 0.6 is 0 Å². The van der Waals surface area contributed by atoms with E-state index < -0.39 is 5.97 Å². The van der Waals surface area contributed by atoms with Crippen LogP contribution in [0.25, 0.3) is 0 Å². The van der Waals surface area contributed by atoms with Crippen LogP contribution in [0.15, 0.2) is 12.1 Å². The summed E-state index contributed by atoms with van der Waals surface area (Å²) in [5, 5.41) is 2.58. The fraction of sp³-hybridized carbons (Fsp3) is 0.385. The summed E-state index contributed by atoms with van der Waals surface area (Å²) < 4.78 is 18.6. The summed E-state index contributed by atoms with van der Waals surface area (Å²) in [5.74, 6) is -0.629. The zero-order valence-electron chi connectivity index (χ0n) is 10.7. The molecule has 0 saturated heterocycles. The summed E-state index contributed by atoms with van der Waals surface area (Å²) in [5.41, 5.74) is 0.969. The van der Waals surface area contributed by atoms with Gasteiger partial charge in [-0.05, 0) is 36.6 Å². The molecule has 0 unspecified atom stereocenters.